The van der Waals surface area contributed by atoms with Crippen LogP contribution in [0.15, 0.2) is 165 Å². The molecule has 0 amide bonds. The van der Waals surface area contributed by atoms with Crippen LogP contribution in [0.25, 0.3) is 45.2 Å². The van der Waals surface area contributed by atoms with Crippen molar-refractivity contribution in [1.29, 1.82) is 0 Å². The third-order valence-corrected chi connectivity index (χ3v) is 13.7. The topological polar surface area (TPSA) is 38.9 Å². The predicted molar refractivity (Wildman–Crippen MR) is 195 cm³/mol. The largest absolute Gasteiger partial charge is 0.416 e. The molecule has 9 rings (SSSR count). The van der Waals surface area contributed by atoms with Gasteiger partial charge in [-0.2, -0.15) is 0 Å². The number of aromatic nitrogens is 2. The van der Waals surface area contributed by atoms with Gasteiger partial charge < -0.3 is 4.42 Å². The molecule has 0 bridgehead atoms. The van der Waals surface area contributed by atoms with Gasteiger partial charge in [0.15, 0.2) is 0 Å². The van der Waals surface area contributed by atoms with Crippen molar-refractivity contribution in [3.8, 4) is 45.2 Å². The van der Waals surface area contributed by atoms with E-state index in [4.69, 9.17) is 4.42 Å². The Bertz CT molecular complexity index is 2200. The van der Waals surface area contributed by atoms with Gasteiger partial charge in [-0.05, 0) is 95.8 Å². The van der Waals surface area contributed by atoms with Crippen LogP contribution in [0.1, 0.15) is 11.1 Å². The molecule has 3 heterocycles. The monoisotopic (exact) mass is 678 g/mol. The molecule has 0 saturated carbocycles. The fourth-order valence-electron chi connectivity index (χ4n) is 6.14. The van der Waals surface area contributed by atoms with E-state index in [1.165, 1.54) is 61.4 Å². The maximum Gasteiger partial charge on any atom is 0.248 e. The third kappa shape index (κ3) is 5.22. The van der Waals surface area contributed by atoms with Gasteiger partial charge in [-0.25, -0.2) is 0 Å². The van der Waals surface area contributed by atoms with E-state index in [0.717, 1.165) is 22.3 Å². The van der Waals surface area contributed by atoms with E-state index in [2.05, 4.69) is 145 Å². The molecule has 3 nitrogen and oxygen atoms in total. The molecule has 0 saturated heterocycles. The molecule has 2 aliphatic rings. The molecule has 0 atom stereocenters. The summed E-state index contributed by atoms with van der Waals surface area (Å²) in [6.07, 6.45) is 0. The minimum atomic E-state index is 0.533. The first-order chi connectivity index (χ1) is 23.1. The molecule has 0 aliphatic carbocycles. The van der Waals surface area contributed by atoms with Gasteiger partial charge in [0, 0.05) is 50.3 Å². The van der Waals surface area contributed by atoms with Crippen LogP contribution in [0.5, 0.6) is 0 Å². The van der Waals surface area contributed by atoms with Gasteiger partial charge in [-0.15, -0.1) is 10.2 Å². The standard InChI is InChI=1S/C40H26N2OS4/c1-23-21-25(29-9-7-15-35-37(29)46-33-13-5-3-11-31(33)44-35)17-19-27(23)39-41-42-40(43-39)28-20-18-26(22-24(28)2)30-10-8-16-36-38(30)47-34-14-6-4-12-32(34)45-36/h3-22H,1-2H3. The number of fused-ring (bicyclic) bond motifs is 4. The lowest BCUT2D eigenvalue weighted by molar-refractivity contribution is 0.584. The van der Waals surface area contributed by atoms with E-state index in [1.807, 2.05) is 47.0 Å². The fraction of sp³-hybridized carbons (Fsp3) is 0.0500. The van der Waals surface area contributed by atoms with Gasteiger partial charge in [0.2, 0.25) is 11.8 Å². The molecule has 47 heavy (non-hydrogen) atoms. The van der Waals surface area contributed by atoms with Crippen LogP contribution in [-0.2, 0) is 0 Å². The third-order valence-electron chi connectivity index (χ3n) is 8.48. The molecule has 6 aromatic carbocycles. The second-order valence-electron chi connectivity index (χ2n) is 11.5. The van der Waals surface area contributed by atoms with Gasteiger partial charge in [0.25, 0.3) is 0 Å². The van der Waals surface area contributed by atoms with Crippen LogP contribution in [0.2, 0.25) is 0 Å². The van der Waals surface area contributed by atoms with Crippen LogP contribution in [-0.4, -0.2) is 10.2 Å². The van der Waals surface area contributed by atoms with Crippen molar-refractivity contribution >= 4 is 47.0 Å². The molecule has 226 valence electrons. The SMILES string of the molecule is Cc1cc(-c2cccc3c2Sc2ccccc2S3)ccc1-c1nnc(-c2ccc(-c3cccc4c3Sc3ccccc3S4)cc2C)o1. The zero-order valence-corrected chi connectivity index (χ0v) is 28.7. The summed E-state index contributed by atoms with van der Waals surface area (Å²) in [6, 6.07) is 43.4. The first-order valence-electron chi connectivity index (χ1n) is 15.3. The van der Waals surface area contributed by atoms with Gasteiger partial charge in [0.1, 0.15) is 0 Å². The van der Waals surface area contributed by atoms with E-state index in [1.54, 1.807) is 0 Å². The lowest BCUT2D eigenvalue weighted by Gasteiger charge is -2.21. The smallest absolute Gasteiger partial charge is 0.248 e. The van der Waals surface area contributed by atoms with Crippen molar-refractivity contribution in [2.45, 2.75) is 53.0 Å². The van der Waals surface area contributed by atoms with E-state index in [-0.39, 0.29) is 0 Å². The fourth-order valence-corrected chi connectivity index (χ4v) is 10.9. The summed E-state index contributed by atoms with van der Waals surface area (Å²) in [7, 11) is 0. The van der Waals surface area contributed by atoms with Crippen LogP contribution in [0, 0.1) is 13.8 Å². The lowest BCUT2D eigenvalue weighted by atomic mass is 9.99. The maximum atomic E-state index is 6.33. The molecular weight excluding hydrogens is 653 g/mol. The Labute approximate surface area is 290 Å². The molecule has 2 aliphatic heterocycles. The predicted octanol–water partition coefficient (Wildman–Crippen LogP) is 12.6. The highest BCUT2D eigenvalue weighted by Gasteiger charge is 2.23. The summed E-state index contributed by atoms with van der Waals surface area (Å²) in [5.41, 5.74) is 8.95. The Morgan fingerprint density at radius 1 is 0.404 bits per heavy atom. The zero-order chi connectivity index (χ0) is 31.5. The molecule has 1 aromatic heterocycles. The second-order valence-corrected chi connectivity index (χ2v) is 15.8. The second kappa shape index (κ2) is 11.8. The highest BCUT2D eigenvalue weighted by Crippen LogP contribution is 2.53. The van der Waals surface area contributed by atoms with E-state index in [0.29, 0.717) is 11.8 Å². The van der Waals surface area contributed by atoms with Crippen LogP contribution < -0.4 is 0 Å². The zero-order valence-electron chi connectivity index (χ0n) is 25.5. The molecular formula is C40H26N2OS4. The first-order valence-corrected chi connectivity index (χ1v) is 18.6. The number of hydrogen-bond acceptors (Lipinski definition) is 7. The Kier molecular flexibility index (Phi) is 7.31. The van der Waals surface area contributed by atoms with E-state index < -0.39 is 0 Å². The Morgan fingerprint density at radius 2 is 0.809 bits per heavy atom. The van der Waals surface area contributed by atoms with Crippen LogP contribution in [0.4, 0.5) is 0 Å². The molecule has 0 radical (unpaired) electrons. The number of nitrogens with zero attached hydrogens (tertiary/aromatic N) is 2. The summed E-state index contributed by atoms with van der Waals surface area (Å²) in [5, 5.41) is 8.98. The first kappa shape index (κ1) is 29.0. The summed E-state index contributed by atoms with van der Waals surface area (Å²) in [6.45, 7) is 4.23. The summed E-state index contributed by atoms with van der Waals surface area (Å²) in [5.74, 6) is 1.07. The minimum Gasteiger partial charge on any atom is -0.416 e. The van der Waals surface area contributed by atoms with E-state index in [9.17, 15) is 0 Å². The Balaban J connectivity index is 0.997. The highest BCUT2D eigenvalue weighted by molar-refractivity contribution is 8.05. The molecule has 7 aromatic rings. The van der Waals surface area contributed by atoms with E-state index >= 15 is 0 Å². The van der Waals surface area contributed by atoms with Crippen molar-refractivity contribution in [1.82, 2.24) is 10.2 Å². The molecule has 0 unspecified atom stereocenters. The van der Waals surface area contributed by atoms with Gasteiger partial charge in [0.05, 0.1) is 0 Å². The maximum absolute atomic E-state index is 6.33. The van der Waals surface area contributed by atoms with Crippen molar-refractivity contribution in [2.75, 3.05) is 0 Å². The van der Waals surface area contributed by atoms with Gasteiger partial charge in [-0.3, -0.25) is 0 Å². The van der Waals surface area contributed by atoms with Crippen LogP contribution in [0.3, 0.4) is 0 Å². The van der Waals surface area contributed by atoms with Crippen molar-refractivity contribution in [3.05, 3.63) is 132 Å². The number of aryl methyl sites for hydroxylation is 2. The van der Waals surface area contributed by atoms with Crippen molar-refractivity contribution < 1.29 is 4.42 Å². The molecule has 0 N–H and O–H groups in total. The average molecular weight is 679 g/mol. The lowest BCUT2D eigenvalue weighted by Crippen LogP contribution is -1.93. The Hall–Kier alpha value is -4.14. The normalized spacial score (nSPS) is 13.0. The summed E-state index contributed by atoms with van der Waals surface area (Å²) >= 11 is 7.39. The van der Waals surface area contributed by atoms with Crippen molar-refractivity contribution in [3.63, 3.8) is 0 Å². The quantitative estimate of drug-likeness (QED) is 0.183. The van der Waals surface area contributed by atoms with Gasteiger partial charge in [-0.1, -0.05) is 120 Å². The average Bonchev–Trinajstić information content (AvgIpc) is 3.59. The van der Waals surface area contributed by atoms with Crippen molar-refractivity contribution in [2.24, 2.45) is 0 Å². The van der Waals surface area contributed by atoms with Crippen LogP contribution >= 0.6 is 47.0 Å². The molecule has 7 heteroatoms. The molecule has 0 spiro atoms. The Morgan fingerprint density at radius 3 is 1.23 bits per heavy atom. The number of benzene rings is 6. The summed E-state index contributed by atoms with van der Waals surface area (Å²) in [4.78, 5) is 10.4. The molecule has 0 fully saturated rings. The number of hydrogen-bond donors (Lipinski definition) is 0. The van der Waals surface area contributed by atoms with Gasteiger partial charge >= 0.3 is 0 Å². The highest BCUT2D eigenvalue weighted by atomic mass is 32.2. The summed E-state index contributed by atoms with van der Waals surface area (Å²) < 4.78 is 6.33. The number of rotatable bonds is 4. The minimum absolute atomic E-state index is 0.533.